The molecular formula is C17H19NO5S. The van der Waals surface area contributed by atoms with E-state index in [1.807, 2.05) is 6.92 Å². The number of hydrogen-bond donors (Lipinski definition) is 0. The molecule has 7 heteroatoms. The first kappa shape index (κ1) is 19.7. The van der Waals surface area contributed by atoms with Crippen molar-refractivity contribution in [2.75, 3.05) is 0 Å². The van der Waals surface area contributed by atoms with Crippen molar-refractivity contribution in [3.63, 3.8) is 0 Å². The monoisotopic (exact) mass is 349 g/mol. The summed E-state index contributed by atoms with van der Waals surface area (Å²) in [7, 11) is -2.49. The first-order valence-corrected chi connectivity index (χ1v) is 8.47. The van der Waals surface area contributed by atoms with E-state index >= 15 is 0 Å². The summed E-state index contributed by atoms with van der Waals surface area (Å²) < 4.78 is 32.9. The Balaban J connectivity index is 0.000000243. The number of ketones is 2. The molecule has 0 aliphatic carbocycles. The molecule has 128 valence electrons. The van der Waals surface area contributed by atoms with Gasteiger partial charge in [0.15, 0.2) is 12.0 Å². The molecule has 0 saturated carbocycles. The smallest absolute Gasteiger partial charge is 0.248 e. The Morgan fingerprint density at radius 3 is 1.96 bits per heavy atom. The van der Waals surface area contributed by atoms with Gasteiger partial charge in [0.05, 0.1) is 4.90 Å². The molecule has 1 aromatic heterocycles. The summed E-state index contributed by atoms with van der Waals surface area (Å²) in [6, 6.07) is 9.10. The molecule has 2 aromatic rings. The summed E-state index contributed by atoms with van der Waals surface area (Å²) in [5, 5.41) is 0. The van der Waals surface area contributed by atoms with Gasteiger partial charge in [0.2, 0.25) is 11.5 Å². The number of rotatable bonds is 3. The van der Waals surface area contributed by atoms with Crippen LogP contribution in [0.4, 0.5) is 0 Å². The van der Waals surface area contributed by atoms with Crippen molar-refractivity contribution < 1.29 is 27.1 Å². The fourth-order valence-electron chi connectivity index (χ4n) is 1.84. The largest absolute Gasteiger partial charge is 0.744 e. The lowest BCUT2D eigenvalue weighted by Gasteiger charge is -2.05. The third-order valence-corrected chi connectivity index (χ3v) is 4.08. The van der Waals surface area contributed by atoms with Crippen molar-refractivity contribution in [2.45, 2.75) is 25.7 Å². The molecule has 0 bridgehead atoms. The molecule has 0 aliphatic rings. The van der Waals surface area contributed by atoms with Crippen LogP contribution in [0.15, 0.2) is 47.5 Å². The van der Waals surface area contributed by atoms with Gasteiger partial charge in [-0.1, -0.05) is 17.7 Å². The molecule has 1 heterocycles. The number of pyridine rings is 1. The minimum atomic E-state index is -4.27. The lowest BCUT2D eigenvalue weighted by atomic mass is 10.1. The number of carbonyl (C=O) groups is 2. The second kappa shape index (κ2) is 7.94. The van der Waals surface area contributed by atoms with Gasteiger partial charge in [-0.15, -0.1) is 0 Å². The second-order valence-electron chi connectivity index (χ2n) is 5.29. The van der Waals surface area contributed by atoms with E-state index in [-0.39, 0.29) is 16.5 Å². The van der Waals surface area contributed by atoms with E-state index in [9.17, 15) is 22.6 Å². The second-order valence-corrected chi connectivity index (χ2v) is 6.67. The van der Waals surface area contributed by atoms with E-state index in [0.29, 0.717) is 11.3 Å². The van der Waals surface area contributed by atoms with Crippen LogP contribution in [0, 0.1) is 6.92 Å². The number of hydrogen-bond acceptors (Lipinski definition) is 5. The normalized spacial score (nSPS) is 10.5. The lowest BCUT2D eigenvalue weighted by Crippen LogP contribution is -2.35. The van der Waals surface area contributed by atoms with Crippen molar-refractivity contribution in [1.82, 2.24) is 0 Å². The summed E-state index contributed by atoms with van der Waals surface area (Å²) in [4.78, 5) is 21.9. The first-order valence-electron chi connectivity index (χ1n) is 7.06. The van der Waals surface area contributed by atoms with Crippen LogP contribution < -0.4 is 4.57 Å². The van der Waals surface area contributed by atoms with Gasteiger partial charge in [0, 0.05) is 24.6 Å². The summed E-state index contributed by atoms with van der Waals surface area (Å²) in [6.45, 7) is 4.79. The minimum absolute atomic E-state index is 0.0249. The van der Waals surface area contributed by atoms with E-state index in [2.05, 4.69) is 0 Å². The average molecular weight is 349 g/mol. The molecular weight excluding hydrogens is 330 g/mol. The number of nitrogens with zero attached hydrogens (tertiary/aromatic N) is 1. The van der Waals surface area contributed by atoms with Crippen LogP contribution in [0.25, 0.3) is 0 Å². The van der Waals surface area contributed by atoms with Gasteiger partial charge in [-0.2, -0.15) is 4.57 Å². The van der Waals surface area contributed by atoms with Crippen molar-refractivity contribution in [3.05, 3.63) is 59.4 Å². The van der Waals surface area contributed by atoms with Crippen molar-refractivity contribution in [2.24, 2.45) is 7.05 Å². The van der Waals surface area contributed by atoms with Crippen LogP contribution in [0.3, 0.4) is 0 Å². The quantitative estimate of drug-likeness (QED) is 0.478. The van der Waals surface area contributed by atoms with Crippen LogP contribution in [0.1, 0.15) is 40.3 Å². The lowest BCUT2D eigenvalue weighted by molar-refractivity contribution is -0.673. The van der Waals surface area contributed by atoms with Crippen LogP contribution in [0.2, 0.25) is 0 Å². The number of carbonyl (C=O) groups excluding carboxylic acids is 2. The molecule has 2 rings (SSSR count). The molecule has 0 atom stereocenters. The number of aryl methyl sites for hydroxylation is 2. The molecule has 0 amide bonds. The maximum absolute atomic E-state index is 11.1. The Morgan fingerprint density at radius 2 is 1.54 bits per heavy atom. The highest BCUT2D eigenvalue weighted by Gasteiger charge is 2.13. The Bertz CT molecular complexity index is 855. The standard InChI is InChI=1S/C10H12NO2.C7H8O3S/c1-7(12)9-4-5-11(3)10(6-9)8(2)13;1-6-2-4-7(5-3-6)11(8,9)10/h4-6H,1-3H3;2-5H,1H3,(H,8,9,10)/q+1;/p-1. The van der Waals surface area contributed by atoms with Crippen molar-refractivity contribution in [3.8, 4) is 0 Å². The summed E-state index contributed by atoms with van der Waals surface area (Å²) in [5.74, 6) is -0.0614. The van der Waals surface area contributed by atoms with E-state index < -0.39 is 10.1 Å². The number of Topliss-reactive ketones (excluding diaryl/α,β-unsaturated/α-hetero) is 2. The van der Waals surface area contributed by atoms with Gasteiger partial charge in [-0.3, -0.25) is 9.59 Å². The first-order chi connectivity index (χ1) is 11.0. The molecule has 1 aromatic carbocycles. The molecule has 0 fully saturated rings. The minimum Gasteiger partial charge on any atom is -0.744 e. The Labute approximate surface area is 141 Å². The Hall–Kier alpha value is -2.38. The van der Waals surface area contributed by atoms with Gasteiger partial charge in [-0.25, -0.2) is 8.42 Å². The van der Waals surface area contributed by atoms with Gasteiger partial charge in [0.1, 0.15) is 17.2 Å². The predicted octanol–water partition coefficient (Wildman–Crippen LogP) is 1.82. The van der Waals surface area contributed by atoms with Crippen LogP contribution in [0.5, 0.6) is 0 Å². The average Bonchev–Trinajstić information content (AvgIpc) is 2.47. The zero-order valence-corrected chi connectivity index (χ0v) is 14.8. The molecule has 0 radical (unpaired) electrons. The highest BCUT2D eigenvalue weighted by atomic mass is 32.2. The van der Waals surface area contributed by atoms with Crippen LogP contribution >= 0.6 is 0 Å². The van der Waals surface area contributed by atoms with E-state index in [1.165, 1.54) is 26.0 Å². The maximum atomic E-state index is 11.1. The Kier molecular flexibility index (Phi) is 6.51. The highest BCUT2D eigenvalue weighted by molar-refractivity contribution is 7.85. The summed E-state index contributed by atoms with van der Waals surface area (Å²) >= 11 is 0. The van der Waals surface area contributed by atoms with Crippen LogP contribution in [-0.2, 0) is 17.2 Å². The zero-order chi connectivity index (χ0) is 18.5. The Morgan fingerprint density at radius 1 is 1.00 bits per heavy atom. The highest BCUT2D eigenvalue weighted by Crippen LogP contribution is 2.08. The summed E-state index contributed by atoms with van der Waals surface area (Å²) in [6.07, 6.45) is 1.72. The van der Waals surface area contributed by atoms with E-state index in [0.717, 1.165) is 5.56 Å². The van der Waals surface area contributed by atoms with Crippen LogP contribution in [-0.4, -0.2) is 24.5 Å². The molecule has 0 saturated heterocycles. The number of benzene rings is 1. The van der Waals surface area contributed by atoms with Crippen molar-refractivity contribution >= 4 is 21.7 Å². The molecule has 0 unspecified atom stereocenters. The summed E-state index contributed by atoms with van der Waals surface area (Å²) in [5.41, 5.74) is 2.05. The van der Waals surface area contributed by atoms with Gasteiger partial charge in [-0.05, 0) is 26.0 Å². The third kappa shape index (κ3) is 5.68. The fraction of sp³-hybridized carbons (Fsp3) is 0.235. The fourth-order valence-corrected chi connectivity index (χ4v) is 2.31. The molecule has 6 nitrogen and oxygen atoms in total. The molecule has 0 aliphatic heterocycles. The molecule has 0 spiro atoms. The van der Waals surface area contributed by atoms with E-state index in [4.69, 9.17) is 0 Å². The maximum Gasteiger partial charge on any atom is 0.248 e. The van der Waals surface area contributed by atoms with E-state index in [1.54, 1.807) is 42.1 Å². The SMILES string of the molecule is CC(=O)c1cc[n+](C)c(C(C)=O)c1.Cc1ccc(S(=O)(=O)[O-])cc1. The van der Waals surface area contributed by atoms with Gasteiger partial charge < -0.3 is 4.55 Å². The molecule has 24 heavy (non-hydrogen) atoms. The third-order valence-electron chi connectivity index (χ3n) is 3.23. The van der Waals surface area contributed by atoms with Gasteiger partial charge >= 0.3 is 0 Å². The molecule has 0 N–H and O–H groups in total. The topological polar surface area (TPSA) is 95.2 Å². The van der Waals surface area contributed by atoms with Gasteiger partial charge in [0.25, 0.3) is 0 Å². The zero-order valence-electron chi connectivity index (χ0n) is 13.9. The number of aromatic nitrogens is 1. The van der Waals surface area contributed by atoms with Crippen molar-refractivity contribution in [1.29, 1.82) is 0 Å². The predicted molar refractivity (Wildman–Crippen MR) is 86.8 cm³/mol.